The van der Waals surface area contributed by atoms with Crippen LogP contribution in [0.1, 0.15) is 55.6 Å². The van der Waals surface area contributed by atoms with Gasteiger partial charge in [0, 0.05) is 12.6 Å². The van der Waals surface area contributed by atoms with E-state index in [9.17, 15) is 0 Å². The van der Waals surface area contributed by atoms with Gasteiger partial charge in [0.1, 0.15) is 0 Å². The maximum atomic E-state index is 5.88. The molecule has 110 valence electrons. The lowest BCUT2D eigenvalue weighted by Crippen LogP contribution is -2.41. The van der Waals surface area contributed by atoms with Crippen LogP contribution in [0.15, 0.2) is 24.3 Å². The molecule has 2 nitrogen and oxygen atoms in total. The van der Waals surface area contributed by atoms with Gasteiger partial charge in [-0.15, -0.1) is 0 Å². The summed E-state index contributed by atoms with van der Waals surface area (Å²) in [6, 6.07) is 9.74. The van der Waals surface area contributed by atoms with Gasteiger partial charge in [0.15, 0.2) is 0 Å². The highest BCUT2D eigenvalue weighted by Crippen LogP contribution is 2.36. The second-order valence-electron chi connectivity index (χ2n) is 6.51. The zero-order chi connectivity index (χ0) is 13.8. The smallest absolute Gasteiger partial charge is 0.0594 e. The Hall–Kier alpha value is -0.860. The number of benzene rings is 1. The Morgan fingerprint density at radius 2 is 1.80 bits per heavy atom. The standard InChI is InChI=1S/C18H27NO/c1-14-6-8-15(9-7-14)16-12-17(13-16)19-10-11-20-18-4-2-3-5-18/h6-9,16-19H,2-5,10-13H2,1H3. The molecule has 20 heavy (non-hydrogen) atoms. The van der Waals surface area contributed by atoms with Crippen molar-refractivity contribution in [3.05, 3.63) is 35.4 Å². The summed E-state index contributed by atoms with van der Waals surface area (Å²) in [6.07, 6.45) is 8.40. The Balaban J connectivity index is 1.29. The van der Waals surface area contributed by atoms with Crippen LogP contribution in [0.5, 0.6) is 0 Å². The van der Waals surface area contributed by atoms with E-state index < -0.39 is 0 Å². The van der Waals surface area contributed by atoms with Crippen molar-refractivity contribution in [3.8, 4) is 0 Å². The van der Waals surface area contributed by atoms with Crippen molar-refractivity contribution >= 4 is 0 Å². The van der Waals surface area contributed by atoms with Gasteiger partial charge in [-0.1, -0.05) is 42.7 Å². The first-order chi connectivity index (χ1) is 9.81. The van der Waals surface area contributed by atoms with Crippen LogP contribution < -0.4 is 5.32 Å². The zero-order valence-corrected chi connectivity index (χ0v) is 12.6. The summed E-state index contributed by atoms with van der Waals surface area (Å²) >= 11 is 0. The summed E-state index contributed by atoms with van der Waals surface area (Å²) in [7, 11) is 0. The molecule has 0 spiro atoms. The van der Waals surface area contributed by atoms with E-state index in [0.717, 1.165) is 19.1 Å². The molecule has 2 aliphatic rings. The average Bonchev–Trinajstić information content (AvgIpc) is 2.91. The molecule has 0 aliphatic heterocycles. The van der Waals surface area contributed by atoms with Crippen LogP contribution in [-0.4, -0.2) is 25.3 Å². The molecule has 0 atom stereocenters. The summed E-state index contributed by atoms with van der Waals surface area (Å²) in [5.74, 6) is 0.767. The first kappa shape index (κ1) is 14.1. The molecule has 0 aromatic heterocycles. The van der Waals surface area contributed by atoms with Crippen molar-refractivity contribution in [3.63, 3.8) is 0 Å². The van der Waals surface area contributed by atoms with Gasteiger partial charge in [0.2, 0.25) is 0 Å². The topological polar surface area (TPSA) is 21.3 Å². The van der Waals surface area contributed by atoms with Crippen LogP contribution in [0.4, 0.5) is 0 Å². The molecule has 0 amide bonds. The maximum absolute atomic E-state index is 5.88. The van der Waals surface area contributed by atoms with Gasteiger partial charge in [-0.25, -0.2) is 0 Å². The van der Waals surface area contributed by atoms with E-state index in [0.29, 0.717) is 12.1 Å². The summed E-state index contributed by atoms with van der Waals surface area (Å²) in [5, 5.41) is 3.63. The molecule has 0 unspecified atom stereocenters. The lowest BCUT2D eigenvalue weighted by molar-refractivity contribution is 0.0571. The molecular weight excluding hydrogens is 246 g/mol. The third-order valence-corrected chi connectivity index (χ3v) is 4.88. The monoisotopic (exact) mass is 273 g/mol. The third kappa shape index (κ3) is 3.62. The van der Waals surface area contributed by atoms with E-state index in [4.69, 9.17) is 4.74 Å². The first-order valence-electron chi connectivity index (χ1n) is 8.23. The molecular formula is C18H27NO. The number of rotatable bonds is 6. The largest absolute Gasteiger partial charge is 0.377 e. The van der Waals surface area contributed by atoms with Crippen LogP contribution in [0.25, 0.3) is 0 Å². The van der Waals surface area contributed by atoms with E-state index in [2.05, 4.69) is 36.5 Å². The van der Waals surface area contributed by atoms with Crippen molar-refractivity contribution in [1.29, 1.82) is 0 Å². The van der Waals surface area contributed by atoms with Crippen molar-refractivity contribution in [2.75, 3.05) is 13.2 Å². The summed E-state index contributed by atoms with van der Waals surface area (Å²) < 4.78 is 5.88. The van der Waals surface area contributed by atoms with E-state index in [1.54, 1.807) is 0 Å². The Morgan fingerprint density at radius 1 is 1.10 bits per heavy atom. The number of nitrogens with one attached hydrogen (secondary N) is 1. The van der Waals surface area contributed by atoms with E-state index in [1.165, 1.54) is 49.7 Å². The Kier molecular flexibility index (Phi) is 4.74. The molecule has 2 heteroatoms. The predicted molar refractivity (Wildman–Crippen MR) is 83.2 cm³/mol. The fourth-order valence-corrected chi connectivity index (χ4v) is 3.44. The molecule has 0 radical (unpaired) electrons. The first-order valence-corrected chi connectivity index (χ1v) is 8.23. The van der Waals surface area contributed by atoms with Gasteiger partial charge in [-0.3, -0.25) is 0 Å². The minimum atomic E-state index is 0.554. The summed E-state index contributed by atoms with van der Waals surface area (Å²) in [5.41, 5.74) is 2.86. The second-order valence-corrected chi connectivity index (χ2v) is 6.51. The molecule has 2 fully saturated rings. The number of aryl methyl sites for hydroxylation is 1. The predicted octanol–water partition coefficient (Wildman–Crippen LogP) is 3.79. The quantitative estimate of drug-likeness (QED) is 0.796. The van der Waals surface area contributed by atoms with Crippen molar-refractivity contribution in [2.45, 2.75) is 63.5 Å². The highest BCUT2D eigenvalue weighted by molar-refractivity contribution is 5.26. The minimum Gasteiger partial charge on any atom is -0.377 e. The van der Waals surface area contributed by atoms with Crippen molar-refractivity contribution in [1.82, 2.24) is 5.32 Å². The summed E-state index contributed by atoms with van der Waals surface area (Å²) in [6.45, 7) is 4.05. The number of ether oxygens (including phenoxy) is 1. The van der Waals surface area contributed by atoms with Crippen LogP contribution in [0.2, 0.25) is 0 Å². The SMILES string of the molecule is Cc1ccc(C2CC(NCCOC3CCCC3)C2)cc1. The molecule has 3 rings (SSSR count). The molecule has 0 bridgehead atoms. The second kappa shape index (κ2) is 6.73. The Bertz CT molecular complexity index is 402. The number of hydrogen-bond acceptors (Lipinski definition) is 2. The lowest BCUT2D eigenvalue weighted by atomic mass is 9.76. The van der Waals surface area contributed by atoms with Gasteiger partial charge in [0.25, 0.3) is 0 Å². The lowest BCUT2D eigenvalue weighted by Gasteiger charge is -2.36. The minimum absolute atomic E-state index is 0.554. The Morgan fingerprint density at radius 3 is 2.50 bits per heavy atom. The van der Waals surface area contributed by atoms with E-state index >= 15 is 0 Å². The molecule has 0 saturated heterocycles. The van der Waals surface area contributed by atoms with E-state index in [-0.39, 0.29) is 0 Å². The van der Waals surface area contributed by atoms with Gasteiger partial charge in [-0.2, -0.15) is 0 Å². The van der Waals surface area contributed by atoms with Gasteiger partial charge in [-0.05, 0) is 44.1 Å². The van der Waals surface area contributed by atoms with Crippen LogP contribution in [0.3, 0.4) is 0 Å². The van der Waals surface area contributed by atoms with Crippen LogP contribution in [0, 0.1) is 6.92 Å². The van der Waals surface area contributed by atoms with Gasteiger partial charge < -0.3 is 10.1 Å². The normalized spacial score (nSPS) is 26.6. The molecule has 1 aromatic carbocycles. The zero-order valence-electron chi connectivity index (χ0n) is 12.6. The van der Waals surface area contributed by atoms with Crippen molar-refractivity contribution in [2.24, 2.45) is 0 Å². The molecule has 1 aromatic rings. The van der Waals surface area contributed by atoms with Gasteiger partial charge in [0.05, 0.1) is 12.7 Å². The van der Waals surface area contributed by atoms with Gasteiger partial charge >= 0.3 is 0 Å². The van der Waals surface area contributed by atoms with Crippen LogP contribution in [-0.2, 0) is 4.74 Å². The molecule has 1 N–H and O–H groups in total. The Labute approximate surface area is 122 Å². The fourth-order valence-electron chi connectivity index (χ4n) is 3.44. The summed E-state index contributed by atoms with van der Waals surface area (Å²) in [4.78, 5) is 0. The fraction of sp³-hybridized carbons (Fsp3) is 0.667. The average molecular weight is 273 g/mol. The van der Waals surface area contributed by atoms with Crippen LogP contribution >= 0.6 is 0 Å². The maximum Gasteiger partial charge on any atom is 0.0594 e. The molecule has 0 heterocycles. The van der Waals surface area contributed by atoms with Crippen molar-refractivity contribution < 1.29 is 4.74 Å². The van der Waals surface area contributed by atoms with E-state index in [1.807, 2.05) is 0 Å². The highest BCUT2D eigenvalue weighted by atomic mass is 16.5. The highest BCUT2D eigenvalue weighted by Gasteiger charge is 2.29. The molecule has 2 aliphatic carbocycles. The number of hydrogen-bond donors (Lipinski definition) is 1. The molecule has 2 saturated carbocycles. The third-order valence-electron chi connectivity index (χ3n) is 4.88.